The number of rotatable bonds is 2. The molecule has 0 radical (unpaired) electrons. The number of carboxylic acids is 1. The van der Waals surface area contributed by atoms with Gasteiger partial charge in [0.2, 0.25) is 0 Å². The van der Waals surface area contributed by atoms with Crippen molar-refractivity contribution >= 4 is 21.9 Å². The Morgan fingerprint density at radius 2 is 2.06 bits per heavy atom. The summed E-state index contributed by atoms with van der Waals surface area (Å²) in [6, 6.07) is 5.46. The number of carbonyl (C=O) groups is 1. The number of nitrogens with two attached hydrogens (primary N) is 1. The number of para-hydroxylation sites is 1. The van der Waals surface area contributed by atoms with Crippen molar-refractivity contribution in [3.05, 3.63) is 29.8 Å². The lowest BCUT2D eigenvalue weighted by atomic mass is 10.1. The molecule has 0 aliphatic carbocycles. The van der Waals surface area contributed by atoms with Crippen LogP contribution in [0.15, 0.2) is 24.3 Å². The Labute approximate surface area is 92.5 Å². The fourth-order valence-corrected chi connectivity index (χ4v) is 2.83. The molecule has 0 spiro atoms. The smallest absolute Gasteiger partial charge is 0.327 e. The van der Waals surface area contributed by atoms with Crippen LogP contribution in [0.4, 0.5) is 5.69 Å². The van der Waals surface area contributed by atoms with Crippen LogP contribution >= 0.6 is 0 Å². The second kappa shape index (κ2) is 3.46. The maximum atomic E-state index is 11.4. The molecule has 16 heavy (non-hydrogen) atoms. The number of carboxylic acid groups (broad SMARTS) is 1. The van der Waals surface area contributed by atoms with E-state index in [-0.39, 0.29) is 6.42 Å². The first-order chi connectivity index (χ1) is 7.41. The van der Waals surface area contributed by atoms with Crippen molar-refractivity contribution in [2.75, 3.05) is 4.31 Å². The molecule has 3 N–H and O–H groups in total. The molecule has 0 saturated carbocycles. The van der Waals surface area contributed by atoms with Crippen molar-refractivity contribution in [2.24, 2.45) is 5.14 Å². The first-order valence-corrected chi connectivity index (χ1v) is 6.04. The van der Waals surface area contributed by atoms with Gasteiger partial charge in [-0.25, -0.2) is 14.2 Å². The van der Waals surface area contributed by atoms with E-state index >= 15 is 0 Å². The number of hydrogen-bond donors (Lipinski definition) is 2. The summed E-state index contributed by atoms with van der Waals surface area (Å²) >= 11 is 0. The molecule has 7 heteroatoms. The number of fused-ring (bicyclic) bond motifs is 1. The first kappa shape index (κ1) is 10.9. The highest BCUT2D eigenvalue weighted by molar-refractivity contribution is 7.90. The van der Waals surface area contributed by atoms with Gasteiger partial charge in [-0.3, -0.25) is 0 Å². The third kappa shape index (κ3) is 1.63. The van der Waals surface area contributed by atoms with Gasteiger partial charge in [0.25, 0.3) is 10.2 Å². The molecule has 1 aromatic rings. The molecule has 1 atom stereocenters. The Morgan fingerprint density at radius 1 is 1.44 bits per heavy atom. The average molecular weight is 242 g/mol. The molecule has 2 rings (SSSR count). The first-order valence-electron chi connectivity index (χ1n) is 4.54. The van der Waals surface area contributed by atoms with E-state index in [2.05, 4.69) is 0 Å². The number of aliphatic carboxylic acids is 1. The number of anilines is 1. The molecule has 0 amide bonds. The van der Waals surface area contributed by atoms with Crippen molar-refractivity contribution in [1.29, 1.82) is 0 Å². The summed E-state index contributed by atoms with van der Waals surface area (Å²) in [6.45, 7) is 0. The lowest BCUT2D eigenvalue weighted by Crippen LogP contribution is -2.46. The van der Waals surface area contributed by atoms with Gasteiger partial charge in [-0.15, -0.1) is 0 Å². The summed E-state index contributed by atoms with van der Waals surface area (Å²) in [6.07, 6.45) is 0.141. The summed E-state index contributed by atoms with van der Waals surface area (Å²) in [5, 5.41) is 14.0. The van der Waals surface area contributed by atoms with Crippen LogP contribution in [0.5, 0.6) is 0 Å². The molecule has 1 aliphatic rings. The second-order valence-electron chi connectivity index (χ2n) is 3.53. The SMILES string of the molecule is NS(=O)(=O)N1c2ccccc2CC1C(=O)O. The van der Waals surface area contributed by atoms with Crippen LogP contribution < -0.4 is 9.44 Å². The number of nitrogens with zero attached hydrogens (tertiary/aromatic N) is 1. The third-order valence-corrected chi connectivity index (χ3v) is 3.48. The lowest BCUT2D eigenvalue weighted by Gasteiger charge is -2.21. The molecular weight excluding hydrogens is 232 g/mol. The van der Waals surface area contributed by atoms with E-state index in [9.17, 15) is 13.2 Å². The van der Waals surface area contributed by atoms with Crippen LogP contribution in [-0.4, -0.2) is 25.5 Å². The van der Waals surface area contributed by atoms with Gasteiger partial charge in [0.05, 0.1) is 5.69 Å². The van der Waals surface area contributed by atoms with Crippen molar-refractivity contribution in [3.8, 4) is 0 Å². The van der Waals surface area contributed by atoms with Gasteiger partial charge >= 0.3 is 5.97 Å². The fraction of sp³-hybridized carbons (Fsp3) is 0.222. The van der Waals surface area contributed by atoms with Gasteiger partial charge in [0, 0.05) is 6.42 Å². The van der Waals surface area contributed by atoms with Crippen LogP contribution in [0.25, 0.3) is 0 Å². The standard InChI is InChI=1S/C9H10N2O4S/c10-16(14,15)11-7-4-2-1-3-6(7)5-8(11)9(12)13/h1-4,8H,5H2,(H,12,13)(H2,10,14,15). The largest absolute Gasteiger partial charge is 0.480 e. The van der Waals surface area contributed by atoms with Crippen LogP contribution in [0.3, 0.4) is 0 Å². The lowest BCUT2D eigenvalue weighted by molar-refractivity contribution is -0.138. The van der Waals surface area contributed by atoms with E-state index in [4.69, 9.17) is 10.2 Å². The van der Waals surface area contributed by atoms with Crippen LogP contribution in [-0.2, 0) is 21.4 Å². The van der Waals surface area contributed by atoms with Crippen LogP contribution in [0.1, 0.15) is 5.56 Å². The van der Waals surface area contributed by atoms with Crippen LogP contribution in [0, 0.1) is 0 Å². The minimum atomic E-state index is -4.06. The minimum Gasteiger partial charge on any atom is -0.480 e. The van der Waals surface area contributed by atoms with E-state index in [1.54, 1.807) is 24.3 Å². The summed E-state index contributed by atoms with van der Waals surface area (Å²) < 4.78 is 23.5. The molecule has 0 fully saturated rings. The minimum absolute atomic E-state index is 0.141. The topological polar surface area (TPSA) is 101 Å². The summed E-state index contributed by atoms with van der Waals surface area (Å²) in [4.78, 5) is 11.0. The van der Waals surface area contributed by atoms with E-state index in [1.807, 2.05) is 0 Å². The summed E-state index contributed by atoms with van der Waals surface area (Å²) in [7, 11) is -4.06. The zero-order valence-corrected chi connectivity index (χ0v) is 9.02. The van der Waals surface area contributed by atoms with Crippen molar-refractivity contribution in [3.63, 3.8) is 0 Å². The molecular formula is C9H10N2O4S. The molecule has 86 valence electrons. The molecule has 0 saturated heterocycles. The van der Waals surface area contributed by atoms with Crippen molar-refractivity contribution in [1.82, 2.24) is 0 Å². The van der Waals surface area contributed by atoms with Crippen molar-refractivity contribution in [2.45, 2.75) is 12.5 Å². The highest BCUT2D eigenvalue weighted by Gasteiger charge is 2.39. The molecule has 6 nitrogen and oxygen atoms in total. The Kier molecular flexibility index (Phi) is 2.36. The van der Waals surface area contributed by atoms with Gasteiger partial charge in [-0.05, 0) is 11.6 Å². The van der Waals surface area contributed by atoms with Gasteiger partial charge < -0.3 is 5.11 Å². The van der Waals surface area contributed by atoms with Gasteiger partial charge in [0.1, 0.15) is 6.04 Å². The van der Waals surface area contributed by atoms with E-state index in [0.717, 1.165) is 4.31 Å². The molecule has 1 aromatic carbocycles. The zero-order valence-electron chi connectivity index (χ0n) is 8.20. The molecule has 0 bridgehead atoms. The molecule has 1 aliphatic heterocycles. The summed E-state index contributed by atoms with van der Waals surface area (Å²) in [5.41, 5.74) is 1.02. The van der Waals surface area contributed by atoms with E-state index in [1.165, 1.54) is 0 Å². The maximum absolute atomic E-state index is 11.4. The second-order valence-corrected chi connectivity index (χ2v) is 4.95. The van der Waals surface area contributed by atoms with Gasteiger partial charge in [-0.2, -0.15) is 8.42 Å². The average Bonchev–Trinajstić information content (AvgIpc) is 2.55. The molecule has 1 heterocycles. The Balaban J connectivity index is 2.57. The Bertz CT molecular complexity index is 540. The predicted octanol–water partition coefficient (Wildman–Crippen LogP) is -0.294. The Morgan fingerprint density at radius 3 is 2.62 bits per heavy atom. The van der Waals surface area contributed by atoms with E-state index < -0.39 is 22.2 Å². The monoisotopic (exact) mass is 242 g/mol. The number of benzene rings is 1. The van der Waals surface area contributed by atoms with Crippen LogP contribution in [0.2, 0.25) is 0 Å². The Hall–Kier alpha value is -1.60. The maximum Gasteiger partial charge on any atom is 0.327 e. The normalized spacial score (nSPS) is 19.6. The van der Waals surface area contributed by atoms with E-state index in [0.29, 0.717) is 11.3 Å². The van der Waals surface area contributed by atoms with Gasteiger partial charge in [-0.1, -0.05) is 18.2 Å². The summed E-state index contributed by atoms with van der Waals surface area (Å²) in [5.74, 6) is -1.20. The zero-order chi connectivity index (χ0) is 11.9. The quantitative estimate of drug-likeness (QED) is 0.743. The predicted molar refractivity (Wildman–Crippen MR) is 57.2 cm³/mol. The highest BCUT2D eigenvalue weighted by Crippen LogP contribution is 2.33. The van der Waals surface area contributed by atoms with Gasteiger partial charge in [0.15, 0.2) is 0 Å². The van der Waals surface area contributed by atoms with Crippen molar-refractivity contribution < 1.29 is 18.3 Å². The number of hydrogen-bond acceptors (Lipinski definition) is 3. The fourth-order valence-electron chi connectivity index (χ4n) is 1.86. The molecule has 0 aromatic heterocycles. The highest BCUT2D eigenvalue weighted by atomic mass is 32.2. The third-order valence-electron chi connectivity index (χ3n) is 2.48. The molecule has 1 unspecified atom stereocenters.